The molecule has 0 radical (unpaired) electrons. The summed E-state index contributed by atoms with van der Waals surface area (Å²) in [4.78, 5) is -0.185. The summed E-state index contributed by atoms with van der Waals surface area (Å²) in [7, 11) is -4.18. The van der Waals surface area contributed by atoms with Crippen LogP contribution < -0.4 is 0 Å². The van der Waals surface area contributed by atoms with Gasteiger partial charge in [-0.3, -0.25) is 0 Å². The Hall–Kier alpha value is -0.940. The van der Waals surface area contributed by atoms with Gasteiger partial charge in [-0.15, -0.1) is 0 Å². The molecule has 0 saturated carbocycles. The van der Waals surface area contributed by atoms with E-state index in [4.69, 9.17) is 0 Å². The minimum absolute atomic E-state index is 0.185. The van der Waals surface area contributed by atoms with Gasteiger partial charge in [0.15, 0.2) is 0 Å². The molecule has 0 N–H and O–H groups in total. The molecule has 0 aliphatic carbocycles. The second-order valence-corrected chi connectivity index (χ2v) is 3.84. The van der Waals surface area contributed by atoms with E-state index in [0.29, 0.717) is 0 Å². The van der Waals surface area contributed by atoms with Crippen LogP contribution in [0.25, 0.3) is 0 Å². The van der Waals surface area contributed by atoms with E-state index < -0.39 is 10.1 Å². The van der Waals surface area contributed by atoms with Gasteiger partial charge in [0.25, 0.3) is 0 Å². The molecule has 12 heavy (non-hydrogen) atoms. The molecule has 5 heteroatoms. The Morgan fingerprint density at radius 1 is 1.25 bits per heavy atom. The average molecular weight is 189 g/mol. The lowest BCUT2D eigenvalue weighted by atomic mass is 10.2. The molecule has 1 aromatic rings. The van der Waals surface area contributed by atoms with Crippen molar-refractivity contribution in [1.29, 1.82) is 0 Å². The Kier molecular flexibility index (Phi) is 2.44. The standard InChI is InChI=1S/C7H7FO3S/c1-6-2-4-7(5-3-6)12(9,10)11-8/h2-5H,1H3/i8-1. The van der Waals surface area contributed by atoms with E-state index in [1.165, 1.54) is 12.1 Å². The van der Waals surface area contributed by atoms with Crippen LogP contribution in [-0.2, 0) is 14.5 Å². The van der Waals surface area contributed by atoms with Crippen LogP contribution in [0.2, 0.25) is 0 Å². The molecule has 0 aliphatic rings. The number of hydrogen-bond acceptors (Lipinski definition) is 3. The molecule has 0 aliphatic heterocycles. The van der Waals surface area contributed by atoms with Crippen molar-refractivity contribution in [3.63, 3.8) is 0 Å². The predicted molar refractivity (Wildman–Crippen MR) is 40.6 cm³/mol. The highest BCUT2D eigenvalue weighted by atomic mass is 32.2. The zero-order chi connectivity index (χ0) is 9.19. The van der Waals surface area contributed by atoms with Crippen LogP contribution in [0, 0.1) is 6.92 Å². The number of hydrogen-bond donors (Lipinski definition) is 0. The van der Waals surface area contributed by atoms with Crippen LogP contribution in [0.1, 0.15) is 5.56 Å². The summed E-state index contributed by atoms with van der Waals surface area (Å²) in [5.41, 5.74) is 0.896. The summed E-state index contributed by atoms with van der Waals surface area (Å²) in [6.45, 7) is 1.80. The fourth-order valence-corrected chi connectivity index (χ4v) is 1.28. The number of rotatable bonds is 2. The van der Waals surface area contributed by atoms with Crippen molar-refractivity contribution in [2.45, 2.75) is 11.8 Å². The summed E-state index contributed by atoms with van der Waals surface area (Å²) in [5.74, 6) is 0. The molecule has 0 amide bonds. The first-order valence-corrected chi connectivity index (χ1v) is 4.59. The van der Waals surface area contributed by atoms with Crippen molar-refractivity contribution < 1.29 is 17.3 Å². The van der Waals surface area contributed by atoms with E-state index in [2.05, 4.69) is 4.39 Å². The van der Waals surface area contributed by atoms with Crippen LogP contribution >= 0.6 is 0 Å². The Morgan fingerprint density at radius 2 is 1.75 bits per heavy atom. The lowest BCUT2D eigenvalue weighted by molar-refractivity contribution is 0.00286. The van der Waals surface area contributed by atoms with Gasteiger partial charge >= 0.3 is 10.1 Å². The molecule has 0 heterocycles. The Labute approximate surface area is 69.8 Å². The molecule has 0 atom stereocenters. The second-order valence-electron chi connectivity index (χ2n) is 2.33. The normalized spacial score (nSPS) is 11.5. The van der Waals surface area contributed by atoms with E-state index in [0.717, 1.165) is 5.56 Å². The predicted octanol–water partition coefficient (Wildman–Crippen LogP) is 1.58. The molecule has 66 valence electrons. The van der Waals surface area contributed by atoms with Crippen molar-refractivity contribution in [1.82, 2.24) is 0 Å². The van der Waals surface area contributed by atoms with E-state index in [9.17, 15) is 12.9 Å². The van der Waals surface area contributed by atoms with E-state index in [-0.39, 0.29) is 4.90 Å². The maximum Gasteiger partial charge on any atom is 0.327 e. The van der Waals surface area contributed by atoms with Gasteiger partial charge in [0.05, 0.1) is 4.90 Å². The van der Waals surface area contributed by atoms with Gasteiger partial charge in [-0.1, -0.05) is 22.1 Å². The van der Waals surface area contributed by atoms with Crippen LogP contribution in [0.3, 0.4) is 0 Å². The number of aryl methyl sites for hydroxylation is 1. The second kappa shape index (κ2) is 3.20. The monoisotopic (exact) mass is 189 g/mol. The van der Waals surface area contributed by atoms with Gasteiger partial charge < -0.3 is 0 Å². The Morgan fingerprint density at radius 3 is 2.17 bits per heavy atom. The summed E-state index contributed by atoms with van der Waals surface area (Å²) in [5, 5.41) is 0. The van der Waals surface area contributed by atoms with Crippen molar-refractivity contribution in [2.75, 3.05) is 0 Å². The van der Waals surface area contributed by atoms with Gasteiger partial charge in [0.2, 0.25) is 0 Å². The lowest BCUT2D eigenvalue weighted by Gasteiger charge is -1.97. The SMILES string of the molecule is Cc1ccc(S(=O)(=O)O[18F])cc1. The Bertz CT molecular complexity index is 355. The molecule has 0 saturated heterocycles. The fraction of sp³-hybridized carbons (Fsp3) is 0.143. The van der Waals surface area contributed by atoms with Gasteiger partial charge in [-0.05, 0) is 23.6 Å². The van der Waals surface area contributed by atoms with Gasteiger partial charge in [0.1, 0.15) is 0 Å². The first kappa shape index (κ1) is 9.15. The highest BCUT2D eigenvalue weighted by Gasteiger charge is 2.14. The number of benzene rings is 1. The molecule has 0 unspecified atom stereocenters. The van der Waals surface area contributed by atoms with Crippen molar-refractivity contribution in [2.24, 2.45) is 0 Å². The minimum Gasteiger partial charge on any atom is -0.191 e. The van der Waals surface area contributed by atoms with Gasteiger partial charge in [-0.25, -0.2) is 0 Å². The first-order chi connectivity index (χ1) is 5.56. The third kappa shape index (κ3) is 1.80. The molecule has 0 spiro atoms. The largest absolute Gasteiger partial charge is 0.327 e. The minimum atomic E-state index is -4.18. The van der Waals surface area contributed by atoms with E-state index in [1.807, 2.05) is 0 Å². The topological polar surface area (TPSA) is 43.4 Å². The van der Waals surface area contributed by atoms with E-state index in [1.54, 1.807) is 19.1 Å². The molecule has 3 nitrogen and oxygen atoms in total. The zero-order valence-corrected chi connectivity index (χ0v) is 7.14. The maximum absolute atomic E-state index is 11.5. The molecule has 0 fully saturated rings. The van der Waals surface area contributed by atoms with Crippen LogP contribution in [0.15, 0.2) is 29.2 Å². The summed E-state index contributed by atoms with van der Waals surface area (Å²) < 4.78 is 35.7. The highest BCUT2D eigenvalue weighted by molar-refractivity contribution is 7.86. The molecular weight excluding hydrogens is 182 g/mol. The third-order valence-electron chi connectivity index (χ3n) is 1.39. The van der Waals surface area contributed by atoms with Crippen LogP contribution in [0.5, 0.6) is 0 Å². The van der Waals surface area contributed by atoms with Crippen molar-refractivity contribution >= 4 is 10.1 Å². The quantitative estimate of drug-likeness (QED) is 0.709. The van der Waals surface area contributed by atoms with Crippen LogP contribution in [0.4, 0.5) is 4.53 Å². The zero-order valence-electron chi connectivity index (χ0n) is 6.32. The van der Waals surface area contributed by atoms with Crippen molar-refractivity contribution in [3.8, 4) is 0 Å². The lowest BCUT2D eigenvalue weighted by Crippen LogP contribution is -1.99. The molecule has 0 aromatic heterocycles. The highest BCUT2D eigenvalue weighted by Crippen LogP contribution is 2.12. The van der Waals surface area contributed by atoms with Crippen LogP contribution in [-0.4, -0.2) is 8.42 Å². The molecular formula is C7H7FO3S. The van der Waals surface area contributed by atoms with Gasteiger partial charge in [-0.2, -0.15) is 8.42 Å². The molecule has 1 rings (SSSR count). The summed E-state index contributed by atoms with van der Waals surface area (Å²) >= 11 is 0. The summed E-state index contributed by atoms with van der Waals surface area (Å²) in [6, 6.07) is 5.69. The average Bonchev–Trinajstić information content (AvgIpc) is 2.05. The molecule has 0 bridgehead atoms. The van der Waals surface area contributed by atoms with Gasteiger partial charge in [0, 0.05) is 0 Å². The maximum atomic E-state index is 11.5. The van der Waals surface area contributed by atoms with E-state index >= 15 is 0 Å². The molecule has 1 aromatic carbocycles. The van der Waals surface area contributed by atoms with Crippen molar-refractivity contribution in [3.05, 3.63) is 29.8 Å². The smallest absolute Gasteiger partial charge is 0.191 e. The Balaban J connectivity index is 3.14. The number of halogens is 1. The third-order valence-corrected chi connectivity index (χ3v) is 2.41. The fourth-order valence-electron chi connectivity index (χ4n) is 0.741. The first-order valence-electron chi connectivity index (χ1n) is 3.18. The summed E-state index contributed by atoms with van der Waals surface area (Å²) in [6.07, 6.45) is 0.